The largest absolute Gasteiger partial charge is 0.334 e. The summed E-state index contributed by atoms with van der Waals surface area (Å²) in [5.74, 6) is -0.849. The lowest BCUT2D eigenvalue weighted by molar-refractivity contribution is -0.386. The highest BCUT2D eigenvalue weighted by Crippen LogP contribution is 2.22. The lowest BCUT2D eigenvalue weighted by atomic mass is 10.1. The van der Waals surface area contributed by atoms with Crippen LogP contribution in [0.3, 0.4) is 0 Å². The van der Waals surface area contributed by atoms with Gasteiger partial charge in [-0.3, -0.25) is 29.4 Å². The van der Waals surface area contributed by atoms with E-state index in [1.165, 1.54) is 10.6 Å². The number of nitro groups is 1. The summed E-state index contributed by atoms with van der Waals surface area (Å²) in [6.45, 7) is 1.60. The molecule has 0 unspecified atom stereocenters. The first kappa shape index (κ1) is 15.6. The fourth-order valence-corrected chi connectivity index (χ4v) is 2.72. The second kappa shape index (κ2) is 5.73. The molecular formula is C16H13N3O5. The van der Waals surface area contributed by atoms with Crippen molar-refractivity contribution in [3.8, 4) is 0 Å². The van der Waals surface area contributed by atoms with E-state index in [1.54, 1.807) is 31.2 Å². The van der Waals surface area contributed by atoms with Crippen LogP contribution < -0.4 is 5.56 Å². The summed E-state index contributed by atoms with van der Waals surface area (Å²) in [6.07, 6.45) is 0. The SMILES string of the molecule is Cc1ccc([N+](=O)[O-])c(=O)n1CCN1C(=O)c2ccccc2C1=O. The molecule has 1 aromatic carbocycles. The van der Waals surface area contributed by atoms with Crippen molar-refractivity contribution < 1.29 is 14.5 Å². The summed E-state index contributed by atoms with van der Waals surface area (Å²) in [4.78, 5) is 47.9. The Kier molecular flexibility index (Phi) is 3.72. The zero-order chi connectivity index (χ0) is 17.4. The third kappa shape index (κ3) is 2.37. The summed E-state index contributed by atoms with van der Waals surface area (Å²) >= 11 is 0. The number of aryl methyl sites for hydroxylation is 1. The molecular weight excluding hydrogens is 314 g/mol. The molecule has 0 atom stereocenters. The molecule has 0 saturated heterocycles. The zero-order valence-corrected chi connectivity index (χ0v) is 12.8. The third-order valence-corrected chi connectivity index (χ3v) is 3.99. The number of pyridine rings is 1. The van der Waals surface area contributed by atoms with Crippen LogP contribution in [0.1, 0.15) is 26.4 Å². The number of hydrogen-bond acceptors (Lipinski definition) is 5. The Morgan fingerprint density at radius 2 is 1.54 bits per heavy atom. The van der Waals surface area contributed by atoms with Crippen LogP contribution in [0.25, 0.3) is 0 Å². The molecule has 24 heavy (non-hydrogen) atoms. The van der Waals surface area contributed by atoms with Gasteiger partial charge in [0.05, 0.1) is 16.1 Å². The fourth-order valence-electron chi connectivity index (χ4n) is 2.72. The monoisotopic (exact) mass is 327 g/mol. The topological polar surface area (TPSA) is 103 Å². The normalized spacial score (nSPS) is 13.3. The van der Waals surface area contributed by atoms with Gasteiger partial charge in [-0.05, 0) is 25.1 Å². The van der Waals surface area contributed by atoms with Crippen LogP contribution in [0.4, 0.5) is 5.69 Å². The lowest BCUT2D eigenvalue weighted by Gasteiger charge is -2.16. The fraction of sp³-hybridized carbons (Fsp3) is 0.188. The minimum absolute atomic E-state index is 0.00217. The van der Waals surface area contributed by atoms with Gasteiger partial charge in [-0.15, -0.1) is 0 Å². The molecule has 0 bridgehead atoms. The number of amides is 2. The second-order valence-electron chi connectivity index (χ2n) is 5.38. The van der Waals surface area contributed by atoms with Crippen molar-refractivity contribution in [3.63, 3.8) is 0 Å². The minimum atomic E-state index is -0.753. The summed E-state index contributed by atoms with van der Waals surface area (Å²) in [6, 6.07) is 9.09. The first-order valence-corrected chi connectivity index (χ1v) is 7.22. The average molecular weight is 327 g/mol. The molecule has 122 valence electrons. The number of benzene rings is 1. The Balaban J connectivity index is 1.87. The van der Waals surface area contributed by atoms with Crippen LogP contribution in [0.2, 0.25) is 0 Å². The van der Waals surface area contributed by atoms with Gasteiger partial charge in [0.2, 0.25) is 0 Å². The first-order chi connectivity index (χ1) is 11.4. The number of nitrogens with zero attached hydrogens (tertiary/aromatic N) is 3. The Bertz CT molecular complexity index is 897. The number of hydrogen-bond donors (Lipinski definition) is 0. The van der Waals surface area contributed by atoms with Crippen LogP contribution in [-0.2, 0) is 6.54 Å². The number of carbonyl (C=O) groups excluding carboxylic acids is 2. The summed E-state index contributed by atoms with van der Waals surface area (Å²) in [5, 5.41) is 10.9. The van der Waals surface area contributed by atoms with Crippen molar-refractivity contribution in [3.05, 3.63) is 73.7 Å². The average Bonchev–Trinajstić information content (AvgIpc) is 2.79. The number of carbonyl (C=O) groups is 2. The number of imide groups is 1. The van der Waals surface area contributed by atoms with E-state index >= 15 is 0 Å². The highest BCUT2D eigenvalue weighted by atomic mass is 16.6. The Morgan fingerprint density at radius 1 is 0.958 bits per heavy atom. The molecule has 3 rings (SSSR count). The van der Waals surface area contributed by atoms with E-state index in [-0.39, 0.29) is 13.1 Å². The van der Waals surface area contributed by atoms with Crippen molar-refractivity contribution in [1.82, 2.24) is 9.47 Å². The van der Waals surface area contributed by atoms with E-state index in [0.29, 0.717) is 16.8 Å². The zero-order valence-electron chi connectivity index (χ0n) is 12.8. The van der Waals surface area contributed by atoms with Gasteiger partial charge in [0.15, 0.2) is 0 Å². The van der Waals surface area contributed by atoms with Gasteiger partial charge in [0, 0.05) is 24.8 Å². The molecule has 1 aliphatic heterocycles. The summed E-state index contributed by atoms with van der Waals surface area (Å²) < 4.78 is 1.20. The summed E-state index contributed by atoms with van der Waals surface area (Å²) in [7, 11) is 0. The highest BCUT2D eigenvalue weighted by molar-refractivity contribution is 6.21. The molecule has 2 aromatic rings. The molecule has 2 amide bonds. The van der Waals surface area contributed by atoms with Gasteiger partial charge in [-0.1, -0.05) is 12.1 Å². The highest BCUT2D eigenvalue weighted by Gasteiger charge is 2.34. The smallest absolute Gasteiger partial charge is 0.305 e. The van der Waals surface area contributed by atoms with Crippen LogP contribution in [0, 0.1) is 17.0 Å². The summed E-state index contributed by atoms with van der Waals surface area (Å²) in [5.41, 5.74) is -0.127. The molecule has 0 N–H and O–H groups in total. The van der Waals surface area contributed by atoms with Crippen LogP contribution in [-0.4, -0.2) is 32.7 Å². The predicted octanol–water partition coefficient (Wildman–Crippen LogP) is 1.36. The van der Waals surface area contributed by atoms with Crippen molar-refractivity contribution in [1.29, 1.82) is 0 Å². The maximum atomic E-state index is 12.3. The Morgan fingerprint density at radius 3 is 2.08 bits per heavy atom. The Hall–Kier alpha value is -3.29. The molecule has 2 heterocycles. The van der Waals surface area contributed by atoms with Crippen LogP contribution in [0.15, 0.2) is 41.2 Å². The van der Waals surface area contributed by atoms with Gasteiger partial charge in [0.25, 0.3) is 11.8 Å². The number of aromatic nitrogens is 1. The van der Waals surface area contributed by atoms with E-state index in [1.807, 2.05) is 0 Å². The van der Waals surface area contributed by atoms with Crippen molar-refractivity contribution >= 4 is 17.5 Å². The van der Waals surface area contributed by atoms with Gasteiger partial charge in [0.1, 0.15) is 0 Å². The van der Waals surface area contributed by atoms with E-state index in [2.05, 4.69) is 0 Å². The number of fused-ring (bicyclic) bond motifs is 1. The van der Waals surface area contributed by atoms with Gasteiger partial charge in [-0.2, -0.15) is 0 Å². The quantitative estimate of drug-likeness (QED) is 0.479. The second-order valence-corrected chi connectivity index (χ2v) is 5.38. The molecule has 0 spiro atoms. The first-order valence-electron chi connectivity index (χ1n) is 7.22. The maximum Gasteiger partial charge on any atom is 0.334 e. The molecule has 0 radical (unpaired) electrons. The molecule has 1 aromatic heterocycles. The van der Waals surface area contributed by atoms with Crippen LogP contribution >= 0.6 is 0 Å². The van der Waals surface area contributed by atoms with E-state index in [4.69, 9.17) is 0 Å². The van der Waals surface area contributed by atoms with Gasteiger partial charge in [-0.25, -0.2) is 0 Å². The molecule has 1 aliphatic rings. The molecule has 0 saturated carbocycles. The third-order valence-electron chi connectivity index (χ3n) is 3.99. The molecule has 8 nitrogen and oxygen atoms in total. The Labute approximate surface area is 136 Å². The lowest BCUT2D eigenvalue weighted by Crippen LogP contribution is -2.36. The van der Waals surface area contributed by atoms with E-state index < -0.39 is 28.0 Å². The predicted molar refractivity (Wildman–Crippen MR) is 83.9 cm³/mol. The van der Waals surface area contributed by atoms with Crippen LogP contribution in [0.5, 0.6) is 0 Å². The van der Waals surface area contributed by atoms with E-state index in [0.717, 1.165) is 11.0 Å². The van der Waals surface area contributed by atoms with Gasteiger partial charge >= 0.3 is 11.2 Å². The van der Waals surface area contributed by atoms with Crippen molar-refractivity contribution in [2.45, 2.75) is 13.5 Å². The minimum Gasteiger partial charge on any atom is -0.305 e. The van der Waals surface area contributed by atoms with Crippen molar-refractivity contribution in [2.24, 2.45) is 0 Å². The maximum absolute atomic E-state index is 12.3. The van der Waals surface area contributed by atoms with Gasteiger partial charge < -0.3 is 4.57 Å². The number of rotatable bonds is 4. The standard InChI is InChI=1S/C16H13N3O5/c1-10-6-7-13(19(23)24)16(22)17(10)8-9-18-14(20)11-4-2-3-5-12(11)15(18)21/h2-7H,8-9H2,1H3. The van der Waals surface area contributed by atoms with Crippen molar-refractivity contribution in [2.75, 3.05) is 6.54 Å². The van der Waals surface area contributed by atoms with E-state index in [9.17, 15) is 24.5 Å². The molecule has 8 heteroatoms. The molecule has 0 fully saturated rings. The molecule has 0 aliphatic carbocycles.